The first-order valence-electron chi connectivity index (χ1n) is 10.5. The van der Waals surface area contributed by atoms with Crippen LogP contribution in [-0.4, -0.2) is 53.9 Å². The second-order valence-electron chi connectivity index (χ2n) is 8.24. The van der Waals surface area contributed by atoms with Gasteiger partial charge in [-0.15, -0.1) is 0 Å². The number of ether oxygens (including phenoxy) is 1. The molecule has 0 amide bonds. The van der Waals surface area contributed by atoms with Crippen molar-refractivity contribution in [1.82, 2.24) is 20.0 Å². The Hall–Kier alpha value is -2.48. The van der Waals surface area contributed by atoms with Gasteiger partial charge in [-0.3, -0.25) is 9.67 Å². The van der Waals surface area contributed by atoms with Crippen molar-refractivity contribution >= 4 is 5.96 Å². The van der Waals surface area contributed by atoms with Crippen LogP contribution in [0.1, 0.15) is 42.9 Å². The van der Waals surface area contributed by atoms with Gasteiger partial charge in [0.15, 0.2) is 5.96 Å². The molecular weight excluding hydrogens is 388 g/mol. The molecule has 0 spiro atoms. The topological polar surface area (TPSA) is 54.7 Å². The van der Waals surface area contributed by atoms with E-state index in [4.69, 9.17) is 4.74 Å². The summed E-state index contributed by atoms with van der Waals surface area (Å²) in [6.07, 6.45) is 7.14. The van der Waals surface area contributed by atoms with E-state index in [1.54, 1.807) is 11.7 Å². The molecule has 6 nitrogen and oxygen atoms in total. The van der Waals surface area contributed by atoms with Crippen LogP contribution in [0.2, 0.25) is 0 Å². The molecule has 4 rings (SSSR count). The number of aryl methyl sites for hydroxylation is 1. The fourth-order valence-electron chi connectivity index (χ4n) is 4.80. The van der Waals surface area contributed by atoms with Crippen LogP contribution in [0, 0.1) is 11.6 Å². The lowest BCUT2D eigenvalue weighted by molar-refractivity contribution is -0.00811. The van der Waals surface area contributed by atoms with Gasteiger partial charge < -0.3 is 15.0 Å². The number of aliphatic imine (C=N–C) groups is 1. The summed E-state index contributed by atoms with van der Waals surface area (Å²) in [5.74, 6) is -0.191. The molecule has 1 aliphatic carbocycles. The zero-order valence-electron chi connectivity index (χ0n) is 17.6. The molecule has 1 unspecified atom stereocenters. The molecule has 8 heteroatoms. The summed E-state index contributed by atoms with van der Waals surface area (Å²) in [4.78, 5) is 6.58. The summed E-state index contributed by atoms with van der Waals surface area (Å²) < 4.78 is 36.9. The molecule has 0 bridgehead atoms. The van der Waals surface area contributed by atoms with Crippen LogP contribution < -0.4 is 5.32 Å². The van der Waals surface area contributed by atoms with Gasteiger partial charge in [-0.05, 0) is 25.0 Å². The first-order chi connectivity index (χ1) is 14.5. The molecule has 1 aromatic carbocycles. The number of benzene rings is 1. The highest BCUT2D eigenvalue weighted by atomic mass is 19.1. The maximum absolute atomic E-state index is 14.6. The van der Waals surface area contributed by atoms with Crippen LogP contribution in [0.5, 0.6) is 0 Å². The summed E-state index contributed by atoms with van der Waals surface area (Å²) >= 11 is 0. The van der Waals surface area contributed by atoms with Crippen molar-refractivity contribution in [2.24, 2.45) is 12.0 Å². The van der Waals surface area contributed by atoms with Crippen molar-refractivity contribution in [3.63, 3.8) is 0 Å². The van der Waals surface area contributed by atoms with E-state index in [1.165, 1.54) is 18.2 Å². The molecule has 1 saturated heterocycles. The minimum atomic E-state index is -0.555. The fraction of sp³-hybridized carbons (Fsp3) is 0.545. The number of halogens is 2. The van der Waals surface area contributed by atoms with Gasteiger partial charge in [0, 0.05) is 49.9 Å². The first kappa shape index (κ1) is 20.8. The molecular formula is C22H29F2N5O. The lowest BCUT2D eigenvalue weighted by Crippen LogP contribution is -2.51. The van der Waals surface area contributed by atoms with Gasteiger partial charge in [-0.1, -0.05) is 18.9 Å². The summed E-state index contributed by atoms with van der Waals surface area (Å²) in [6.45, 7) is 2.38. The molecule has 1 aliphatic heterocycles. The van der Waals surface area contributed by atoms with E-state index in [2.05, 4.69) is 20.3 Å². The Kier molecular flexibility index (Phi) is 6.04. The molecule has 1 atom stereocenters. The molecule has 162 valence electrons. The second-order valence-corrected chi connectivity index (χ2v) is 8.24. The average Bonchev–Trinajstić information content (AvgIpc) is 3.38. The van der Waals surface area contributed by atoms with E-state index in [1.807, 2.05) is 19.4 Å². The number of aromatic nitrogens is 2. The third-order valence-corrected chi connectivity index (χ3v) is 6.31. The summed E-state index contributed by atoms with van der Waals surface area (Å²) in [5, 5.41) is 7.65. The van der Waals surface area contributed by atoms with Gasteiger partial charge in [0.1, 0.15) is 17.7 Å². The molecule has 2 fully saturated rings. The van der Waals surface area contributed by atoms with E-state index in [0.717, 1.165) is 37.2 Å². The highest BCUT2D eigenvalue weighted by Gasteiger charge is 2.40. The number of rotatable bonds is 4. The summed E-state index contributed by atoms with van der Waals surface area (Å²) in [6, 6.07) is 4.14. The van der Waals surface area contributed by atoms with Crippen molar-refractivity contribution in [1.29, 1.82) is 0 Å². The highest BCUT2D eigenvalue weighted by Crippen LogP contribution is 2.42. The maximum atomic E-state index is 14.6. The van der Waals surface area contributed by atoms with Crippen molar-refractivity contribution in [2.45, 2.75) is 37.2 Å². The standard InChI is InChI=1S/C22H29F2N5O/c1-25-21(29-10-11-30-19(14-29)16-12-27-28(2)13-16)26-15-22(8-3-4-9-22)20-17(23)6-5-7-18(20)24/h5-7,12-13,19H,3-4,8-11,14-15H2,1-2H3,(H,25,26). The summed E-state index contributed by atoms with van der Waals surface area (Å²) in [5.41, 5.74) is 0.680. The predicted molar refractivity (Wildman–Crippen MR) is 111 cm³/mol. The van der Waals surface area contributed by atoms with Gasteiger partial charge in [0.2, 0.25) is 0 Å². The normalized spacial score (nSPS) is 21.8. The summed E-state index contributed by atoms with van der Waals surface area (Å²) in [7, 11) is 3.62. The fourth-order valence-corrected chi connectivity index (χ4v) is 4.80. The molecule has 2 heterocycles. The van der Waals surface area contributed by atoms with Crippen molar-refractivity contribution in [3.05, 3.63) is 53.4 Å². The first-order valence-corrected chi connectivity index (χ1v) is 10.5. The Morgan fingerprint density at radius 1 is 1.30 bits per heavy atom. The van der Waals surface area contributed by atoms with E-state index in [9.17, 15) is 8.78 Å². The van der Waals surface area contributed by atoms with Crippen LogP contribution in [-0.2, 0) is 17.2 Å². The number of morpholine rings is 1. The number of guanidine groups is 1. The number of hydrogen-bond donors (Lipinski definition) is 1. The number of hydrogen-bond acceptors (Lipinski definition) is 3. The lowest BCUT2D eigenvalue weighted by atomic mass is 9.78. The maximum Gasteiger partial charge on any atom is 0.193 e. The Balaban J connectivity index is 1.49. The third-order valence-electron chi connectivity index (χ3n) is 6.31. The molecule has 30 heavy (non-hydrogen) atoms. The van der Waals surface area contributed by atoms with E-state index < -0.39 is 17.0 Å². The van der Waals surface area contributed by atoms with Crippen molar-refractivity contribution in [3.8, 4) is 0 Å². The smallest absolute Gasteiger partial charge is 0.193 e. The Labute approximate surface area is 175 Å². The minimum Gasteiger partial charge on any atom is -0.370 e. The van der Waals surface area contributed by atoms with Crippen LogP contribution in [0.15, 0.2) is 35.6 Å². The molecule has 1 N–H and O–H groups in total. The van der Waals surface area contributed by atoms with Gasteiger partial charge in [0.25, 0.3) is 0 Å². The predicted octanol–water partition coefficient (Wildman–Crippen LogP) is 3.16. The zero-order chi connectivity index (χ0) is 21.1. The van der Waals surface area contributed by atoms with E-state index in [-0.39, 0.29) is 11.7 Å². The molecule has 0 radical (unpaired) electrons. The van der Waals surface area contributed by atoms with Crippen LogP contribution in [0.25, 0.3) is 0 Å². The Morgan fingerprint density at radius 2 is 2.03 bits per heavy atom. The molecule has 1 aromatic heterocycles. The van der Waals surface area contributed by atoms with E-state index in [0.29, 0.717) is 26.2 Å². The Bertz CT molecular complexity index is 886. The third kappa shape index (κ3) is 4.05. The SMILES string of the molecule is CN=C(NCC1(c2c(F)cccc2F)CCCC1)N1CCOC(c2cnn(C)c2)C1. The Morgan fingerprint density at radius 3 is 2.67 bits per heavy atom. The van der Waals surface area contributed by atoms with Crippen molar-refractivity contribution < 1.29 is 13.5 Å². The molecule has 2 aromatic rings. The molecule has 1 saturated carbocycles. The van der Waals surface area contributed by atoms with Gasteiger partial charge in [-0.25, -0.2) is 8.78 Å². The van der Waals surface area contributed by atoms with Crippen molar-refractivity contribution in [2.75, 3.05) is 33.3 Å². The largest absolute Gasteiger partial charge is 0.370 e. The van der Waals surface area contributed by atoms with Gasteiger partial charge in [-0.2, -0.15) is 5.10 Å². The zero-order valence-corrected chi connectivity index (χ0v) is 17.6. The van der Waals surface area contributed by atoms with Crippen LogP contribution in [0.3, 0.4) is 0 Å². The second kappa shape index (κ2) is 8.71. The average molecular weight is 418 g/mol. The van der Waals surface area contributed by atoms with Gasteiger partial charge in [0.05, 0.1) is 19.3 Å². The molecule has 2 aliphatic rings. The highest BCUT2D eigenvalue weighted by molar-refractivity contribution is 5.80. The van der Waals surface area contributed by atoms with E-state index >= 15 is 0 Å². The quantitative estimate of drug-likeness (QED) is 0.613. The van der Waals surface area contributed by atoms with Gasteiger partial charge >= 0.3 is 0 Å². The number of nitrogens with one attached hydrogen (secondary N) is 1. The van der Waals surface area contributed by atoms with Crippen LogP contribution in [0.4, 0.5) is 8.78 Å². The minimum absolute atomic E-state index is 0.0875. The monoisotopic (exact) mass is 417 g/mol. The lowest BCUT2D eigenvalue weighted by Gasteiger charge is -2.37. The number of nitrogens with zero attached hydrogens (tertiary/aromatic N) is 4. The van der Waals surface area contributed by atoms with Crippen LogP contribution >= 0.6 is 0 Å².